The highest BCUT2D eigenvalue weighted by atomic mass is 16.5. The smallest absolute Gasteiger partial charge is 0.255 e. The molecule has 4 aromatic rings. The molecule has 1 N–H and O–H groups in total. The third-order valence-corrected chi connectivity index (χ3v) is 6.16. The molecule has 0 atom stereocenters. The van der Waals surface area contributed by atoms with E-state index in [1.807, 2.05) is 75.3 Å². The van der Waals surface area contributed by atoms with Gasteiger partial charge in [0.1, 0.15) is 29.5 Å². The van der Waals surface area contributed by atoms with Gasteiger partial charge in [0.2, 0.25) is 0 Å². The van der Waals surface area contributed by atoms with Gasteiger partial charge in [-0.05, 0) is 76.3 Å². The van der Waals surface area contributed by atoms with Crippen LogP contribution in [0.4, 0.5) is 17.3 Å². The Bertz CT molecular complexity index is 1480. The van der Waals surface area contributed by atoms with Gasteiger partial charge in [0.25, 0.3) is 5.91 Å². The molecule has 0 bridgehead atoms. The van der Waals surface area contributed by atoms with Gasteiger partial charge in [-0.1, -0.05) is 6.08 Å². The number of nitrogens with one attached hydrogen (secondary N) is 1. The standard InChI is InChI=1S/C28H29N7O2/c1-18-13-21(6-8-25(18)37-22-7-5-19(2)29-15-22)33-27-23-14-26(30-16-24(23)31-17-32-27)35-12-10-20(28(35)36)9-11-34(3)4/h5-9,13-17H,10-12H2,1-4H3,(H,31,32,33)/b20-9+. The first-order valence-electron chi connectivity index (χ1n) is 12.1. The average Bonchev–Trinajstić information content (AvgIpc) is 3.25. The molecule has 37 heavy (non-hydrogen) atoms. The lowest BCUT2D eigenvalue weighted by Crippen LogP contribution is -2.25. The summed E-state index contributed by atoms with van der Waals surface area (Å²) in [6.07, 6.45) is 7.60. The molecule has 5 rings (SSSR count). The molecule has 0 radical (unpaired) electrons. The van der Waals surface area contributed by atoms with Gasteiger partial charge in [0, 0.05) is 35.4 Å². The fourth-order valence-electron chi connectivity index (χ4n) is 4.13. The number of hydrogen-bond donors (Lipinski definition) is 1. The monoisotopic (exact) mass is 495 g/mol. The molecular formula is C28H29N7O2. The molecule has 1 aliphatic rings. The van der Waals surface area contributed by atoms with Crippen molar-refractivity contribution in [1.82, 2.24) is 24.8 Å². The van der Waals surface area contributed by atoms with Crippen LogP contribution in [0.1, 0.15) is 17.7 Å². The highest BCUT2D eigenvalue weighted by Crippen LogP contribution is 2.31. The highest BCUT2D eigenvalue weighted by molar-refractivity contribution is 6.08. The van der Waals surface area contributed by atoms with Gasteiger partial charge >= 0.3 is 0 Å². The molecule has 1 aliphatic heterocycles. The number of likely N-dealkylation sites (N-methyl/N-ethyl adjacent to an activating group) is 1. The number of amides is 1. The van der Waals surface area contributed by atoms with Gasteiger partial charge in [-0.3, -0.25) is 14.7 Å². The summed E-state index contributed by atoms with van der Waals surface area (Å²) in [5.74, 6) is 2.66. The second kappa shape index (κ2) is 10.3. The molecule has 1 aromatic carbocycles. The number of anilines is 3. The molecule has 4 heterocycles. The van der Waals surface area contributed by atoms with Crippen LogP contribution < -0.4 is 15.0 Å². The summed E-state index contributed by atoms with van der Waals surface area (Å²) < 4.78 is 5.99. The Hall–Kier alpha value is -4.37. The number of carbonyl (C=O) groups is 1. The summed E-state index contributed by atoms with van der Waals surface area (Å²) in [5, 5.41) is 4.18. The lowest BCUT2D eigenvalue weighted by molar-refractivity contribution is -0.114. The van der Waals surface area contributed by atoms with E-state index in [-0.39, 0.29) is 5.91 Å². The number of pyridine rings is 2. The molecule has 0 saturated carbocycles. The Labute approximate surface area is 215 Å². The molecule has 0 unspecified atom stereocenters. The van der Waals surface area contributed by atoms with Crippen molar-refractivity contribution in [3.63, 3.8) is 0 Å². The normalized spacial score (nSPS) is 14.7. The van der Waals surface area contributed by atoms with Gasteiger partial charge in [-0.15, -0.1) is 0 Å². The Morgan fingerprint density at radius 2 is 1.92 bits per heavy atom. The number of hydrogen-bond acceptors (Lipinski definition) is 8. The Morgan fingerprint density at radius 1 is 1.05 bits per heavy atom. The third-order valence-electron chi connectivity index (χ3n) is 6.16. The fraction of sp³-hybridized carbons (Fsp3) is 0.250. The van der Waals surface area contributed by atoms with Crippen LogP contribution in [0, 0.1) is 13.8 Å². The van der Waals surface area contributed by atoms with Crippen LogP contribution in [0.2, 0.25) is 0 Å². The summed E-state index contributed by atoms with van der Waals surface area (Å²) in [5.41, 5.74) is 4.27. The second-order valence-electron chi connectivity index (χ2n) is 9.32. The zero-order valence-electron chi connectivity index (χ0n) is 21.4. The molecule has 1 fully saturated rings. The average molecular weight is 496 g/mol. The lowest BCUT2D eigenvalue weighted by atomic mass is 10.2. The predicted molar refractivity (Wildman–Crippen MR) is 144 cm³/mol. The van der Waals surface area contributed by atoms with Crippen LogP contribution in [-0.2, 0) is 4.79 Å². The van der Waals surface area contributed by atoms with E-state index < -0.39 is 0 Å². The molecule has 9 nitrogen and oxygen atoms in total. The number of carbonyl (C=O) groups excluding carboxylic acids is 1. The summed E-state index contributed by atoms with van der Waals surface area (Å²) in [4.78, 5) is 34.4. The minimum absolute atomic E-state index is 0.00458. The van der Waals surface area contributed by atoms with Gasteiger partial charge in [-0.2, -0.15) is 0 Å². The topological polar surface area (TPSA) is 96.4 Å². The van der Waals surface area contributed by atoms with E-state index >= 15 is 0 Å². The van der Waals surface area contributed by atoms with E-state index in [4.69, 9.17) is 4.74 Å². The van der Waals surface area contributed by atoms with Crippen molar-refractivity contribution < 1.29 is 9.53 Å². The van der Waals surface area contributed by atoms with Crippen molar-refractivity contribution in [2.45, 2.75) is 20.3 Å². The summed E-state index contributed by atoms with van der Waals surface area (Å²) in [6.45, 7) is 5.26. The molecule has 3 aromatic heterocycles. The maximum Gasteiger partial charge on any atom is 0.255 e. The number of fused-ring (bicyclic) bond motifs is 1. The lowest BCUT2D eigenvalue weighted by Gasteiger charge is -2.16. The highest BCUT2D eigenvalue weighted by Gasteiger charge is 2.28. The minimum atomic E-state index is -0.00458. The molecule has 188 valence electrons. The first-order valence-corrected chi connectivity index (χ1v) is 12.1. The number of aryl methyl sites for hydroxylation is 2. The molecule has 0 spiro atoms. The number of benzene rings is 1. The fourth-order valence-corrected chi connectivity index (χ4v) is 4.13. The van der Waals surface area contributed by atoms with Crippen LogP contribution in [0.25, 0.3) is 10.9 Å². The van der Waals surface area contributed by atoms with Crippen molar-refractivity contribution in [1.29, 1.82) is 0 Å². The van der Waals surface area contributed by atoms with E-state index in [0.29, 0.717) is 35.9 Å². The second-order valence-corrected chi connectivity index (χ2v) is 9.32. The first kappa shape index (κ1) is 24.3. The van der Waals surface area contributed by atoms with Crippen molar-refractivity contribution >= 4 is 34.1 Å². The van der Waals surface area contributed by atoms with E-state index in [1.54, 1.807) is 17.3 Å². The number of aromatic nitrogens is 4. The van der Waals surface area contributed by atoms with Crippen molar-refractivity contribution in [2.75, 3.05) is 37.4 Å². The van der Waals surface area contributed by atoms with Gasteiger partial charge in [0.05, 0.1) is 17.9 Å². The number of rotatable bonds is 7. The van der Waals surface area contributed by atoms with Crippen molar-refractivity contribution in [3.05, 3.63) is 78.0 Å². The maximum absolute atomic E-state index is 13.0. The van der Waals surface area contributed by atoms with E-state index in [1.165, 1.54) is 6.33 Å². The van der Waals surface area contributed by atoms with Gasteiger partial charge in [-0.25, -0.2) is 15.0 Å². The molecular weight excluding hydrogens is 466 g/mol. The molecule has 1 saturated heterocycles. The summed E-state index contributed by atoms with van der Waals surface area (Å²) in [7, 11) is 3.97. The summed E-state index contributed by atoms with van der Waals surface area (Å²) >= 11 is 0. The minimum Gasteiger partial charge on any atom is -0.455 e. The van der Waals surface area contributed by atoms with Crippen LogP contribution in [0.3, 0.4) is 0 Å². The summed E-state index contributed by atoms with van der Waals surface area (Å²) in [6, 6.07) is 11.5. The van der Waals surface area contributed by atoms with Crippen molar-refractivity contribution in [2.24, 2.45) is 0 Å². The third kappa shape index (κ3) is 5.41. The Balaban J connectivity index is 1.38. The van der Waals surface area contributed by atoms with E-state index in [2.05, 4.69) is 25.3 Å². The van der Waals surface area contributed by atoms with Crippen LogP contribution in [0.5, 0.6) is 11.5 Å². The van der Waals surface area contributed by atoms with Crippen LogP contribution >= 0.6 is 0 Å². The first-order chi connectivity index (χ1) is 17.9. The number of ether oxygens (including phenoxy) is 1. The van der Waals surface area contributed by atoms with Gasteiger partial charge in [0.15, 0.2) is 0 Å². The SMILES string of the molecule is Cc1ccc(Oc2ccc(Nc3ncnc4cnc(N5CC/C(=C\CN(C)C)C5=O)cc34)cc2C)cn1. The van der Waals surface area contributed by atoms with Crippen molar-refractivity contribution in [3.8, 4) is 11.5 Å². The quantitative estimate of drug-likeness (QED) is 0.365. The van der Waals surface area contributed by atoms with Gasteiger partial charge < -0.3 is 15.0 Å². The van der Waals surface area contributed by atoms with Crippen LogP contribution in [0.15, 0.2) is 66.8 Å². The molecule has 0 aliphatic carbocycles. The zero-order chi connectivity index (χ0) is 25.9. The zero-order valence-corrected chi connectivity index (χ0v) is 21.4. The molecule has 1 amide bonds. The van der Waals surface area contributed by atoms with E-state index in [0.717, 1.165) is 40.2 Å². The predicted octanol–water partition coefficient (Wildman–Crippen LogP) is 4.80. The largest absolute Gasteiger partial charge is 0.455 e. The number of nitrogens with zero attached hydrogens (tertiary/aromatic N) is 6. The maximum atomic E-state index is 13.0. The Morgan fingerprint density at radius 3 is 2.68 bits per heavy atom. The van der Waals surface area contributed by atoms with Crippen LogP contribution in [-0.4, -0.2) is 57.9 Å². The molecule has 9 heteroatoms. The van der Waals surface area contributed by atoms with E-state index in [9.17, 15) is 4.79 Å². The Kier molecular flexibility index (Phi) is 6.78.